The van der Waals surface area contributed by atoms with E-state index in [0.29, 0.717) is 0 Å². The Hall–Kier alpha value is -1.15. The maximum Gasteiger partial charge on any atom is 0.123 e. The van der Waals surface area contributed by atoms with Crippen LogP contribution < -0.4 is 5.32 Å². The van der Waals surface area contributed by atoms with E-state index < -0.39 is 0 Å². The number of allylic oxidation sites excluding steroid dienone is 1. The van der Waals surface area contributed by atoms with E-state index in [0.717, 1.165) is 13.0 Å². The molecule has 1 aliphatic rings. The molecular weight excluding hydrogens is 225 g/mol. The molecule has 1 unspecified atom stereocenters. The minimum Gasteiger partial charge on any atom is -0.307 e. The fraction of sp³-hybridized carbons (Fsp3) is 0.500. The van der Waals surface area contributed by atoms with E-state index >= 15 is 0 Å². The summed E-state index contributed by atoms with van der Waals surface area (Å²) in [5, 5.41) is 3.53. The molecule has 0 fully saturated rings. The van der Waals surface area contributed by atoms with Gasteiger partial charge in [-0.2, -0.15) is 0 Å². The van der Waals surface area contributed by atoms with Crippen molar-refractivity contribution >= 4 is 0 Å². The Balaban J connectivity index is 2.21. The highest BCUT2D eigenvalue weighted by molar-refractivity contribution is 5.29. The van der Waals surface area contributed by atoms with Gasteiger partial charge in [0.2, 0.25) is 0 Å². The third kappa shape index (κ3) is 3.42. The minimum atomic E-state index is -0.163. The van der Waals surface area contributed by atoms with E-state index in [1.165, 1.54) is 36.8 Å². The number of halogens is 1. The van der Waals surface area contributed by atoms with Gasteiger partial charge in [-0.15, -0.1) is 0 Å². The highest BCUT2D eigenvalue weighted by Gasteiger charge is 2.16. The second kappa shape index (κ2) is 6.69. The van der Waals surface area contributed by atoms with Gasteiger partial charge in [0.25, 0.3) is 0 Å². The minimum absolute atomic E-state index is 0.163. The maximum absolute atomic E-state index is 13.0. The lowest BCUT2D eigenvalue weighted by Gasteiger charge is -2.21. The van der Waals surface area contributed by atoms with Crippen molar-refractivity contribution in [1.82, 2.24) is 5.32 Å². The normalized spacial score (nSPS) is 18.0. The number of nitrogens with one attached hydrogen (secondary N) is 1. The molecule has 1 aliphatic carbocycles. The van der Waals surface area contributed by atoms with Crippen LogP contribution in [0.3, 0.4) is 0 Å². The molecule has 18 heavy (non-hydrogen) atoms. The van der Waals surface area contributed by atoms with Crippen LogP contribution in [0.5, 0.6) is 0 Å². The zero-order chi connectivity index (χ0) is 12.8. The fourth-order valence-corrected chi connectivity index (χ4v) is 2.62. The molecule has 1 atom stereocenters. The van der Waals surface area contributed by atoms with Crippen LogP contribution >= 0.6 is 0 Å². The molecule has 98 valence electrons. The number of hydrogen-bond acceptors (Lipinski definition) is 1. The van der Waals surface area contributed by atoms with Crippen molar-refractivity contribution in [2.24, 2.45) is 0 Å². The summed E-state index contributed by atoms with van der Waals surface area (Å²) >= 11 is 0. The predicted molar refractivity (Wildman–Crippen MR) is 74.0 cm³/mol. The number of hydrogen-bond donors (Lipinski definition) is 1. The summed E-state index contributed by atoms with van der Waals surface area (Å²) in [6.45, 7) is 3.05. The van der Waals surface area contributed by atoms with Gasteiger partial charge in [-0.1, -0.05) is 37.1 Å². The lowest BCUT2D eigenvalue weighted by molar-refractivity contribution is 0.585. The summed E-state index contributed by atoms with van der Waals surface area (Å²) in [4.78, 5) is 0. The van der Waals surface area contributed by atoms with Gasteiger partial charge in [-0.05, 0) is 49.9 Å². The van der Waals surface area contributed by atoms with Crippen LogP contribution in [0.15, 0.2) is 35.9 Å². The monoisotopic (exact) mass is 247 g/mol. The fourth-order valence-electron chi connectivity index (χ4n) is 2.62. The lowest BCUT2D eigenvalue weighted by Crippen LogP contribution is -2.22. The number of likely N-dealkylation sites (N-methyl/N-ethyl adjacent to an activating group) is 1. The van der Waals surface area contributed by atoms with Crippen LogP contribution in [0, 0.1) is 5.82 Å². The highest BCUT2D eigenvalue weighted by atomic mass is 19.1. The Morgan fingerprint density at radius 2 is 1.94 bits per heavy atom. The van der Waals surface area contributed by atoms with Crippen LogP contribution in [0.2, 0.25) is 0 Å². The van der Waals surface area contributed by atoms with Crippen LogP contribution in [0.25, 0.3) is 0 Å². The molecular formula is C16H22FN. The Kier molecular flexibility index (Phi) is 4.94. The van der Waals surface area contributed by atoms with Gasteiger partial charge < -0.3 is 5.32 Å². The molecule has 0 heterocycles. The summed E-state index contributed by atoms with van der Waals surface area (Å²) in [6.07, 6.45) is 8.61. The van der Waals surface area contributed by atoms with Gasteiger partial charge in [0.05, 0.1) is 6.04 Å². The van der Waals surface area contributed by atoms with E-state index in [-0.39, 0.29) is 11.9 Å². The van der Waals surface area contributed by atoms with Crippen molar-refractivity contribution in [3.63, 3.8) is 0 Å². The first-order chi connectivity index (χ1) is 8.81. The molecule has 0 spiro atoms. The zero-order valence-corrected chi connectivity index (χ0v) is 11.1. The Morgan fingerprint density at radius 3 is 2.67 bits per heavy atom. The molecule has 0 aromatic heterocycles. The second-order valence-electron chi connectivity index (χ2n) is 4.92. The van der Waals surface area contributed by atoms with Crippen LogP contribution in [-0.2, 0) is 0 Å². The number of rotatable bonds is 4. The molecule has 0 aliphatic heterocycles. The van der Waals surface area contributed by atoms with Gasteiger partial charge in [-0.3, -0.25) is 0 Å². The molecule has 0 saturated heterocycles. The van der Waals surface area contributed by atoms with Gasteiger partial charge in [0, 0.05) is 0 Å². The third-order valence-electron chi connectivity index (χ3n) is 3.56. The van der Waals surface area contributed by atoms with Crippen molar-refractivity contribution in [2.45, 2.75) is 45.1 Å². The molecule has 0 saturated carbocycles. The molecule has 0 radical (unpaired) electrons. The smallest absolute Gasteiger partial charge is 0.123 e. The lowest BCUT2D eigenvalue weighted by atomic mass is 9.95. The molecule has 1 aromatic carbocycles. The topological polar surface area (TPSA) is 12.0 Å². The van der Waals surface area contributed by atoms with Crippen LogP contribution in [-0.4, -0.2) is 6.54 Å². The molecule has 2 heteroatoms. The Bertz CT molecular complexity index is 394. The van der Waals surface area contributed by atoms with Gasteiger partial charge in [0.15, 0.2) is 0 Å². The molecule has 1 N–H and O–H groups in total. The van der Waals surface area contributed by atoms with Gasteiger partial charge in [-0.25, -0.2) is 4.39 Å². The largest absolute Gasteiger partial charge is 0.307 e. The first kappa shape index (κ1) is 13.3. The molecule has 2 rings (SSSR count). The third-order valence-corrected chi connectivity index (χ3v) is 3.56. The summed E-state index contributed by atoms with van der Waals surface area (Å²) in [5.41, 5.74) is 2.65. The van der Waals surface area contributed by atoms with Crippen molar-refractivity contribution in [3.05, 3.63) is 47.3 Å². The van der Waals surface area contributed by atoms with Crippen LogP contribution in [0.1, 0.15) is 50.6 Å². The van der Waals surface area contributed by atoms with Gasteiger partial charge in [0.1, 0.15) is 5.82 Å². The summed E-state index contributed by atoms with van der Waals surface area (Å²) in [5.74, 6) is -0.163. The van der Waals surface area contributed by atoms with E-state index in [1.54, 1.807) is 12.1 Å². The van der Waals surface area contributed by atoms with E-state index in [9.17, 15) is 4.39 Å². The standard InChI is InChI=1S/C16H22FN/c1-2-18-16(13-7-5-3-4-6-8-13)14-9-11-15(17)12-10-14/h7,9-12,16,18H,2-6,8H2,1H3. The predicted octanol–water partition coefficient (Wildman–Crippen LogP) is 4.37. The Morgan fingerprint density at radius 1 is 1.17 bits per heavy atom. The summed E-state index contributed by atoms with van der Waals surface area (Å²) in [6, 6.07) is 7.16. The highest BCUT2D eigenvalue weighted by Crippen LogP contribution is 2.29. The zero-order valence-electron chi connectivity index (χ0n) is 11.1. The van der Waals surface area contributed by atoms with E-state index in [1.807, 2.05) is 12.1 Å². The Labute approximate surface area is 109 Å². The van der Waals surface area contributed by atoms with E-state index in [4.69, 9.17) is 0 Å². The molecule has 1 nitrogen and oxygen atoms in total. The summed E-state index contributed by atoms with van der Waals surface area (Å²) in [7, 11) is 0. The SMILES string of the molecule is CCNC(C1=CCCCCC1)c1ccc(F)cc1. The van der Waals surface area contributed by atoms with Crippen molar-refractivity contribution < 1.29 is 4.39 Å². The first-order valence-corrected chi connectivity index (χ1v) is 6.99. The first-order valence-electron chi connectivity index (χ1n) is 6.99. The average molecular weight is 247 g/mol. The van der Waals surface area contributed by atoms with Gasteiger partial charge >= 0.3 is 0 Å². The maximum atomic E-state index is 13.0. The van der Waals surface area contributed by atoms with Crippen molar-refractivity contribution in [3.8, 4) is 0 Å². The van der Waals surface area contributed by atoms with E-state index in [2.05, 4.69) is 18.3 Å². The average Bonchev–Trinajstić information content (AvgIpc) is 2.66. The van der Waals surface area contributed by atoms with Crippen LogP contribution in [0.4, 0.5) is 4.39 Å². The molecule has 0 amide bonds. The molecule has 0 bridgehead atoms. The van der Waals surface area contributed by atoms with Crippen molar-refractivity contribution in [1.29, 1.82) is 0 Å². The number of benzene rings is 1. The summed E-state index contributed by atoms with van der Waals surface area (Å²) < 4.78 is 13.0. The molecule has 1 aromatic rings. The second-order valence-corrected chi connectivity index (χ2v) is 4.92. The quantitative estimate of drug-likeness (QED) is 0.779. The van der Waals surface area contributed by atoms with Crippen molar-refractivity contribution in [2.75, 3.05) is 6.54 Å².